The van der Waals surface area contributed by atoms with Crippen molar-refractivity contribution in [2.75, 3.05) is 0 Å². The summed E-state index contributed by atoms with van der Waals surface area (Å²) >= 11 is 0. The molecule has 0 N–H and O–H groups in total. The van der Waals surface area contributed by atoms with Crippen molar-refractivity contribution in [2.45, 2.75) is 26.2 Å². The van der Waals surface area contributed by atoms with E-state index in [4.69, 9.17) is 0 Å². The number of hydrogen-bond acceptors (Lipinski definition) is 0. The highest BCUT2D eigenvalue weighted by atomic mass is 19.1. The summed E-state index contributed by atoms with van der Waals surface area (Å²) in [7, 11) is 0. The average Bonchev–Trinajstić information content (AvgIpc) is 3.51. The van der Waals surface area contributed by atoms with Crippen molar-refractivity contribution in [3.63, 3.8) is 0 Å². The summed E-state index contributed by atoms with van der Waals surface area (Å²) in [5.41, 5.74) is 14.6. The van der Waals surface area contributed by atoms with Crippen molar-refractivity contribution in [1.29, 1.82) is 0 Å². The van der Waals surface area contributed by atoms with E-state index in [1.807, 2.05) is 24.3 Å². The van der Waals surface area contributed by atoms with Gasteiger partial charge in [0.15, 0.2) is 0 Å². The van der Waals surface area contributed by atoms with Gasteiger partial charge in [-0.05, 0) is 113 Å². The number of hydrogen-bond donors (Lipinski definition) is 0. The van der Waals surface area contributed by atoms with Crippen molar-refractivity contribution in [2.24, 2.45) is 0 Å². The largest absolute Gasteiger partial charge is 0.309 e. The Bertz CT molecular complexity index is 3120. The minimum Gasteiger partial charge on any atom is -0.309 e. The number of benzene rings is 10. The monoisotopic (exact) mass is 762 g/mol. The van der Waals surface area contributed by atoms with Gasteiger partial charge in [-0.2, -0.15) is 0 Å². The molecule has 0 fully saturated rings. The normalized spacial score (nSPS) is 14.1. The first-order valence-corrected chi connectivity index (χ1v) is 20.5. The van der Waals surface area contributed by atoms with Crippen molar-refractivity contribution in [1.82, 2.24) is 0 Å². The van der Waals surface area contributed by atoms with Gasteiger partial charge in [0.25, 0.3) is 0 Å². The average molecular weight is 763 g/mol. The Labute approximate surface area is 341 Å². The molecule has 0 aromatic heterocycles. The molecule has 0 saturated heterocycles. The standard InChI is InChI=1S/C56H38F2N/c57-43-25-21-37(22-26-43)49-29-39-11-3-7-15-47(39)55-51(49)33-59(34-52-50(38-23-27-44(58)28-24-38)30-40-12-4-8-16-48(40)56(52)55)31-41-19-17-35-9-1-5-13-45(35)53(41)54-42(32-59)20-18-36-10-2-6-14-46(36)54/h1-30H,31-34H2/q+1. The van der Waals surface area contributed by atoms with Gasteiger partial charge < -0.3 is 4.48 Å². The van der Waals surface area contributed by atoms with E-state index in [0.717, 1.165) is 63.7 Å². The number of nitrogens with zero attached hydrogens (tertiary/aromatic N) is 1. The maximum atomic E-state index is 14.7. The van der Waals surface area contributed by atoms with Gasteiger partial charge in [0.05, 0.1) is 0 Å². The molecule has 10 aromatic rings. The quantitative estimate of drug-likeness (QED) is 0.154. The SMILES string of the molecule is Fc1ccc(-c2cc3ccccc3c3c2C[N+]2(Cc4ccc5ccccc5c4-c4c(ccc5ccccc45)C2)Cc2c(-c4ccc(F)cc4)cc4ccccc4c2-3)cc1. The number of halogens is 2. The molecule has 2 aliphatic heterocycles. The molecule has 280 valence electrons. The molecule has 10 aromatic carbocycles. The molecule has 3 heteroatoms. The fourth-order valence-electron chi connectivity index (χ4n) is 10.7. The van der Waals surface area contributed by atoms with Crippen LogP contribution in [0.3, 0.4) is 0 Å². The minimum atomic E-state index is -0.246. The summed E-state index contributed by atoms with van der Waals surface area (Å²) in [4.78, 5) is 0. The first-order valence-electron chi connectivity index (χ1n) is 20.5. The fraction of sp³-hybridized carbons (Fsp3) is 0.0714. The lowest BCUT2D eigenvalue weighted by Crippen LogP contribution is -2.44. The number of rotatable bonds is 2. The van der Waals surface area contributed by atoms with Crippen molar-refractivity contribution in [3.05, 3.63) is 216 Å². The lowest BCUT2D eigenvalue weighted by Gasteiger charge is -2.39. The third-order valence-electron chi connectivity index (χ3n) is 13.2. The van der Waals surface area contributed by atoms with E-state index in [9.17, 15) is 8.78 Å². The minimum absolute atomic E-state index is 0.246. The second-order valence-electron chi connectivity index (χ2n) is 16.6. The molecule has 59 heavy (non-hydrogen) atoms. The van der Waals surface area contributed by atoms with Gasteiger partial charge in [0, 0.05) is 33.4 Å². The number of quaternary nitrogens is 1. The second kappa shape index (κ2) is 13.0. The highest BCUT2D eigenvalue weighted by Crippen LogP contribution is 2.53. The smallest absolute Gasteiger partial charge is 0.123 e. The maximum absolute atomic E-state index is 14.7. The van der Waals surface area contributed by atoms with E-state index >= 15 is 0 Å². The summed E-state index contributed by atoms with van der Waals surface area (Å²) in [6.07, 6.45) is 0. The summed E-state index contributed by atoms with van der Waals surface area (Å²) < 4.78 is 30.1. The Morgan fingerprint density at radius 1 is 0.322 bits per heavy atom. The van der Waals surface area contributed by atoms with E-state index in [1.54, 1.807) is 24.3 Å². The molecule has 0 unspecified atom stereocenters. The highest BCUT2D eigenvalue weighted by molar-refractivity contribution is 6.12. The van der Waals surface area contributed by atoms with E-state index in [0.29, 0.717) is 0 Å². The van der Waals surface area contributed by atoms with E-state index < -0.39 is 0 Å². The van der Waals surface area contributed by atoms with Gasteiger partial charge in [0.2, 0.25) is 0 Å². The molecule has 0 radical (unpaired) electrons. The van der Waals surface area contributed by atoms with Gasteiger partial charge in [-0.1, -0.05) is 146 Å². The Morgan fingerprint density at radius 3 is 1.08 bits per heavy atom. The zero-order valence-electron chi connectivity index (χ0n) is 32.4. The van der Waals surface area contributed by atoms with Gasteiger partial charge >= 0.3 is 0 Å². The Morgan fingerprint density at radius 2 is 0.678 bits per heavy atom. The molecule has 0 bridgehead atoms. The van der Waals surface area contributed by atoms with Crippen LogP contribution in [0.5, 0.6) is 0 Å². The Hall–Kier alpha value is -6.94. The summed E-state index contributed by atoms with van der Waals surface area (Å²) in [6.45, 7) is 3.09. The third kappa shape index (κ3) is 5.39. The van der Waals surface area contributed by atoms with E-state index in [2.05, 4.69) is 133 Å². The molecular formula is C56H38F2N+. The molecule has 0 amide bonds. The molecule has 2 heterocycles. The zero-order chi connectivity index (χ0) is 39.2. The molecule has 1 spiro atoms. The van der Waals surface area contributed by atoms with Gasteiger partial charge in [-0.15, -0.1) is 0 Å². The first-order chi connectivity index (χ1) is 29.0. The maximum Gasteiger partial charge on any atom is 0.123 e. The fourth-order valence-corrected chi connectivity index (χ4v) is 10.7. The van der Waals surface area contributed by atoms with E-state index in [1.165, 1.54) is 76.8 Å². The van der Waals surface area contributed by atoms with Crippen molar-refractivity contribution in [3.8, 4) is 44.5 Å². The predicted molar refractivity (Wildman–Crippen MR) is 240 cm³/mol. The summed E-state index contributed by atoms with van der Waals surface area (Å²) in [5.74, 6) is -0.491. The molecule has 0 aliphatic carbocycles. The molecule has 1 nitrogen and oxygen atoms in total. The highest BCUT2D eigenvalue weighted by Gasteiger charge is 2.41. The molecule has 0 saturated carbocycles. The first kappa shape index (κ1) is 34.1. The predicted octanol–water partition coefficient (Wildman–Crippen LogP) is 14.8. The van der Waals surface area contributed by atoms with Crippen LogP contribution in [0, 0.1) is 11.6 Å². The topological polar surface area (TPSA) is 0 Å². The second-order valence-corrected chi connectivity index (χ2v) is 16.6. The van der Waals surface area contributed by atoms with Gasteiger partial charge in [-0.25, -0.2) is 8.78 Å². The third-order valence-corrected chi connectivity index (χ3v) is 13.2. The van der Waals surface area contributed by atoms with Crippen molar-refractivity contribution >= 4 is 43.1 Å². The Kier molecular flexibility index (Phi) is 7.54. The van der Waals surface area contributed by atoms with E-state index in [-0.39, 0.29) is 11.6 Å². The van der Waals surface area contributed by atoms with Crippen LogP contribution in [-0.2, 0) is 26.2 Å². The van der Waals surface area contributed by atoms with Gasteiger partial charge in [0.1, 0.15) is 37.8 Å². The van der Waals surface area contributed by atoms with Crippen LogP contribution in [-0.4, -0.2) is 4.48 Å². The van der Waals surface area contributed by atoms with Crippen LogP contribution >= 0.6 is 0 Å². The van der Waals surface area contributed by atoms with Crippen LogP contribution in [0.25, 0.3) is 87.6 Å². The lowest BCUT2D eigenvalue weighted by molar-refractivity contribution is -0.977. The van der Waals surface area contributed by atoms with Crippen LogP contribution in [0.2, 0.25) is 0 Å². The van der Waals surface area contributed by atoms with Crippen LogP contribution < -0.4 is 0 Å². The summed E-state index contributed by atoms with van der Waals surface area (Å²) in [5, 5.41) is 9.70. The molecular weight excluding hydrogens is 725 g/mol. The Balaban J connectivity index is 1.25. The molecule has 12 rings (SSSR count). The zero-order valence-corrected chi connectivity index (χ0v) is 32.4. The lowest BCUT2D eigenvalue weighted by atomic mass is 9.82. The number of fused-ring (bicyclic) bond motifs is 14. The molecule has 2 aliphatic rings. The van der Waals surface area contributed by atoms with Crippen molar-refractivity contribution < 1.29 is 13.3 Å². The molecule has 0 atom stereocenters. The van der Waals surface area contributed by atoms with Crippen LogP contribution in [0.15, 0.2) is 182 Å². The summed E-state index contributed by atoms with van der Waals surface area (Å²) in [6, 6.07) is 63.2. The van der Waals surface area contributed by atoms with Crippen LogP contribution in [0.1, 0.15) is 22.3 Å². The van der Waals surface area contributed by atoms with Gasteiger partial charge in [-0.3, -0.25) is 0 Å². The van der Waals surface area contributed by atoms with Crippen LogP contribution in [0.4, 0.5) is 8.78 Å².